The third kappa shape index (κ3) is 3.20. The van der Waals surface area contributed by atoms with Crippen molar-refractivity contribution < 1.29 is 12.8 Å². The van der Waals surface area contributed by atoms with Gasteiger partial charge < -0.3 is 5.32 Å². The minimum atomic E-state index is -3.28. The van der Waals surface area contributed by atoms with Gasteiger partial charge in [-0.2, -0.15) is 0 Å². The van der Waals surface area contributed by atoms with E-state index in [4.69, 9.17) is 0 Å². The summed E-state index contributed by atoms with van der Waals surface area (Å²) in [5.74, 6) is -0.448. The predicted octanol–water partition coefficient (Wildman–Crippen LogP) is 2.05. The van der Waals surface area contributed by atoms with Crippen LogP contribution in [-0.4, -0.2) is 20.7 Å². The second-order valence-electron chi connectivity index (χ2n) is 3.71. The monoisotopic (exact) mass is 231 g/mol. The van der Waals surface area contributed by atoms with Gasteiger partial charge in [-0.3, -0.25) is 0 Å². The first-order valence-electron chi connectivity index (χ1n) is 4.57. The molecule has 0 unspecified atom stereocenters. The highest BCUT2D eigenvalue weighted by Gasteiger charge is 2.11. The van der Waals surface area contributed by atoms with Crippen LogP contribution < -0.4 is 5.32 Å². The number of hydrogen-bond donors (Lipinski definition) is 1. The molecule has 0 aromatic heterocycles. The third-order valence-electron chi connectivity index (χ3n) is 1.81. The Hall–Kier alpha value is -1.10. The van der Waals surface area contributed by atoms with Crippen LogP contribution in [0.3, 0.4) is 0 Å². The van der Waals surface area contributed by atoms with Crippen LogP contribution in [0.25, 0.3) is 0 Å². The summed E-state index contributed by atoms with van der Waals surface area (Å²) in [7, 11) is -3.28. The third-order valence-corrected chi connectivity index (χ3v) is 2.92. The Balaban J connectivity index is 3.17. The van der Waals surface area contributed by atoms with Gasteiger partial charge in [0.05, 0.1) is 10.6 Å². The van der Waals surface area contributed by atoms with Gasteiger partial charge >= 0.3 is 0 Å². The van der Waals surface area contributed by atoms with Gasteiger partial charge in [-0.05, 0) is 32.0 Å². The molecule has 0 bridgehead atoms. The zero-order valence-corrected chi connectivity index (χ0v) is 9.73. The van der Waals surface area contributed by atoms with Crippen LogP contribution in [-0.2, 0) is 9.84 Å². The van der Waals surface area contributed by atoms with E-state index in [9.17, 15) is 12.8 Å². The summed E-state index contributed by atoms with van der Waals surface area (Å²) >= 11 is 0. The molecular weight excluding hydrogens is 217 g/mol. The first kappa shape index (κ1) is 12.0. The molecule has 0 heterocycles. The van der Waals surface area contributed by atoms with E-state index in [2.05, 4.69) is 5.32 Å². The highest BCUT2D eigenvalue weighted by atomic mass is 32.2. The maximum absolute atomic E-state index is 13.3. The van der Waals surface area contributed by atoms with Crippen LogP contribution in [0.2, 0.25) is 0 Å². The van der Waals surface area contributed by atoms with E-state index in [-0.39, 0.29) is 16.6 Å². The summed E-state index contributed by atoms with van der Waals surface area (Å²) in [6.07, 6.45) is 1.10. The van der Waals surface area contributed by atoms with Crippen molar-refractivity contribution in [1.82, 2.24) is 0 Å². The fourth-order valence-corrected chi connectivity index (χ4v) is 1.80. The van der Waals surface area contributed by atoms with Crippen LogP contribution in [0, 0.1) is 5.82 Å². The molecule has 3 nitrogen and oxygen atoms in total. The van der Waals surface area contributed by atoms with E-state index < -0.39 is 15.7 Å². The lowest BCUT2D eigenvalue weighted by atomic mass is 10.2. The summed E-state index contributed by atoms with van der Waals surface area (Å²) in [6, 6.07) is 3.77. The normalized spacial score (nSPS) is 11.8. The van der Waals surface area contributed by atoms with Gasteiger partial charge in [-0.25, -0.2) is 12.8 Å². The van der Waals surface area contributed by atoms with E-state index in [1.165, 1.54) is 12.1 Å². The zero-order valence-electron chi connectivity index (χ0n) is 8.91. The number of benzene rings is 1. The quantitative estimate of drug-likeness (QED) is 0.810. The average Bonchev–Trinajstić information content (AvgIpc) is 2.06. The number of rotatable bonds is 3. The van der Waals surface area contributed by atoms with Crippen LogP contribution in [0.1, 0.15) is 13.8 Å². The standard InChI is InChI=1S/C10H14FNO2S/c1-7(2)12-10-6-8(15(3,13)14)4-5-9(10)11/h4-7,12H,1-3H3. The molecule has 0 aliphatic rings. The molecule has 84 valence electrons. The predicted molar refractivity (Wildman–Crippen MR) is 58.3 cm³/mol. The Morgan fingerprint density at radius 2 is 1.93 bits per heavy atom. The molecule has 0 atom stereocenters. The minimum Gasteiger partial charge on any atom is -0.380 e. The fourth-order valence-electron chi connectivity index (χ4n) is 1.16. The number of sulfone groups is 1. The second-order valence-corrected chi connectivity index (χ2v) is 5.73. The van der Waals surface area contributed by atoms with Crippen LogP contribution >= 0.6 is 0 Å². The van der Waals surface area contributed by atoms with Gasteiger partial charge in [-0.15, -0.1) is 0 Å². The van der Waals surface area contributed by atoms with Gasteiger partial charge in [0.15, 0.2) is 9.84 Å². The smallest absolute Gasteiger partial charge is 0.175 e. The largest absolute Gasteiger partial charge is 0.380 e. The van der Waals surface area contributed by atoms with Crippen molar-refractivity contribution in [3.05, 3.63) is 24.0 Å². The van der Waals surface area contributed by atoms with E-state index in [0.29, 0.717) is 0 Å². The van der Waals surface area contributed by atoms with Crippen molar-refractivity contribution in [2.45, 2.75) is 24.8 Å². The molecule has 1 rings (SSSR count). The lowest BCUT2D eigenvalue weighted by Gasteiger charge is -2.11. The molecule has 1 N–H and O–H groups in total. The van der Waals surface area contributed by atoms with Gasteiger partial charge in [-0.1, -0.05) is 0 Å². The van der Waals surface area contributed by atoms with Crippen molar-refractivity contribution in [2.75, 3.05) is 11.6 Å². The fraction of sp³-hybridized carbons (Fsp3) is 0.400. The van der Waals surface area contributed by atoms with Gasteiger partial charge in [0.2, 0.25) is 0 Å². The molecule has 0 spiro atoms. The van der Waals surface area contributed by atoms with Crippen LogP contribution in [0.4, 0.5) is 10.1 Å². The van der Waals surface area contributed by atoms with Gasteiger partial charge in [0, 0.05) is 12.3 Å². The molecule has 0 aliphatic carbocycles. The minimum absolute atomic E-state index is 0.0503. The summed E-state index contributed by atoms with van der Waals surface area (Å²) in [6.45, 7) is 3.71. The van der Waals surface area contributed by atoms with Crippen molar-refractivity contribution in [3.63, 3.8) is 0 Å². The summed E-state index contributed by atoms with van der Waals surface area (Å²) in [5, 5.41) is 2.85. The van der Waals surface area contributed by atoms with E-state index >= 15 is 0 Å². The molecule has 0 fully saturated rings. The van der Waals surface area contributed by atoms with Crippen molar-refractivity contribution in [2.24, 2.45) is 0 Å². The number of anilines is 1. The first-order valence-corrected chi connectivity index (χ1v) is 6.46. The Kier molecular flexibility index (Phi) is 3.34. The van der Waals surface area contributed by atoms with E-state index in [0.717, 1.165) is 12.3 Å². The van der Waals surface area contributed by atoms with Crippen molar-refractivity contribution >= 4 is 15.5 Å². The Morgan fingerprint density at radius 1 is 1.33 bits per heavy atom. The summed E-state index contributed by atoms with van der Waals surface area (Å²) in [4.78, 5) is 0.118. The summed E-state index contributed by atoms with van der Waals surface area (Å²) in [5.41, 5.74) is 0.216. The van der Waals surface area contributed by atoms with Crippen LogP contribution in [0.5, 0.6) is 0 Å². The molecule has 1 aromatic carbocycles. The first-order chi connectivity index (χ1) is 6.80. The number of nitrogens with one attached hydrogen (secondary N) is 1. The van der Waals surface area contributed by atoms with E-state index in [1.807, 2.05) is 13.8 Å². The lowest BCUT2D eigenvalue weighted by Crippen LogP contribution is -2.11. The van der Waals surface area contributed by atoms with Gasteiger partial charge in [0.1, 0.15) is 5.82 Å². The molecule has 0 aliphatic heterocycles. The highest BCUT2D eigenvalue weighted by molar-refractivity contribution is 7.90. The maximum atomic E-state index is 13.3. The van der Waals surface area contributed by atoms with Crippen molar-refractivity contribution in [1.29, 1.82) is 0 Å². The molecular formula is C10H14FNO2S. The topological polar surface area (TPSA) is 46.2 Å². The Labute approximate surface area is 89.2 Å². The lowest BCUT2D eigenvalue weighted by molar-refractivity contribution is 0.600. The molecule has 0 saturated carbocycles. The molecule has 0 saturated heterocycles. The maximum Gasteiger partial charge on any atom is 0.175 e. The molecule has 1 aromatic rings. The Morgan fingerprint density at radius 3 is 2.40 bits per heavy atom. The Bertz CT molecular complexity index is 454. The average molecular weight is 231 g/mol. The molecule has 5 heteroatoms. The number of hydrogen-bond acceptors (Lipinski definition) is 3. The summed E-state index contributed by atoms with van der Waals surface area (Å²) < 4.78 is 35.7. The molecule has 15 heavy (non-hydrogen) atoms. The molecule has 0 radical (unpaired) electrons. The highest BCUT2D eigenvalue weighted by Crippen LogP contribution is 2.20. The van der Waals surface area contributed by atoms with Crippen molar-refractivity contribution in [3.8, 4) is 0 Å². The number of halogens is 1. The van der Waals surface area contributed by atoms with Crippen LogP contribution in [0.15, 0.2) is 23.1 Å². The SMILES string of the molecule is CC(C)Nc1cc(S(C)(=O)=O)ccc1F. The van der Waals surface area contributed by atoms with E-state index in [1.54, 1.807) is 0 Å². The van der Waals surface area contributed by atoms with Gasteiger partial charge in [0.25, 0.3) is 0 Å². The zero-order chi connectivity index (χ0) is 11.6. The second kappa shape index (κ2) is 4.18. The molecule has 0 amide bonds.